The summed E-state index contributed by atoms with van der Waals surface area (Å²) < 4.78 is 18.5. The fourth-order valence-electron chi connectivity index (χ4n) is 3.42. The van der Waals surface area contributed by atoms with E-state index in [0.717, 1.165) is 34.1 Å². The van der Waals surface area contributed by atoms with Gasteiger partial charge in [-0.2, -0.15) is 0 Å². The third kappa shape index (κ3) is 5.52. The molecular weight excluding hydrogens is 414 g/mol. The molecule has 1 aromatic heterocycles. The van der Waals surface area contributed by atoms with E-state index in [2.05, 4.69) is 0 Å². The number of aromatic nitrogens is 1. The first-order valence-electron chi connectivity index (χ1n) is 10.6. The number of rotatable bonds is 9. The van der Waals surface area contributed by atoms with Crippen molar-refractivity contribution in [1.29, 1.82) is 0 Å². The van der Waals surface area contributed by atoms with Crippen molar-refractivity contribution in [3.05, 3.63) is 114 Å². The molecule has 0 aliphatic heterocycles. The van der Waals surface area contributed by atoms with Crippen molar-refractivity contribution >= 4 is 11.9 Å². The molecule has 0 atom stereocenters. The summed E-state index contributed by atoms with van der Waals surface area (Å²) in [6.45, 7) is 0.339. The van der Waals surface area contributed by atoms with Crippen LogP contribution in [0.15, 0.2) is 97.3 Å². The molecule has 0 saturated heterocycles. The number of hydrogen-bond acceptors (Lipinski definition) is 4. The minimum absolute atomic E-state index is 0.0547. The second kappa shape index (κ2) is 10.4. The molecule has 0 unspecified atom stereocenters. The van der Waals surface area contributed by atoms with Crippen molar-refractivity contribution in [2.24, 2.45) is 0 Å². The third-order valence-corrected chi connectivity index (χ3v) is 5.24. The van der Waals surface area contributed by atoms with Gasteiger partial charge in [0.15, 0.2) is 5.78 Å². The molecule has 0 radical (unpaired) electrons. The van der Waals surface area contributed by atoms with Crippen molar-refractivity contribution in [3.63, 3.8) is 0 Å². The largest absolute Gasteiger partial charge is 0.497 e. The highest BCUT2D eigenvalue weighted by Crippen LogP contribution is 2.24. The average Bonchev–Trinajstić information content (AvgIpc) is 3.41. The fraction of sp³-hybridized carbons (Fsp3) is 0.107. The molecule has 5 heteroatoms. The van der Waals surface area contributed by atoms with Gasteiger partial charge in [0.05, 0.1) is 14.2 Å². The van der Waals surface area contributed by atoms with Crippen LogP contribution in [0.5, 0.6) is 17.2 Å². The van der Waals surface area contributed by atoms with Crippen molar-refractivity contribution in [1.82, 2.24) is 4.57 Å². The molecule has 0 amide bonds. The van der Waals surface area contributed by atoms with Crippen LogP contribution in [0.2, 0.25) is 0 Å². The van der Waals surface area contributed by atoms with Crippen LogP contribution in [0.1, 0.15) is 21.5 Å². The lowest BCUT2D eigenvalue weighted by Gasteiger charge is -2.11. The predicted molar refractivity (Wildman–Crippen MR) is 129 cm³/mol. The molecule has 0 spiro atoms. The van der Waals surface area contributed by atoms with E-state index in [0.29, 0.717) is 12.2 Å². The van der Waals surface area contributed by atoms with Gasteiger partial charge in [0.2, 0.25) is 0 Å². The zero-order valence-corrected chi connectivity index (χ0v) is 18.6. The van der Waals surface area contributed by atoms with E-state index in [1.165, 1.54) is 0 Å². The summed E-state index contributed by atoms with van der Waals surface area (Å²) in [5.41, 5.74) is 3.43. The zero-order valence-electron chi connectivity index (χ0n) is 18.6. The molecule has 0 bridgehead atoms. The minimum atomic E-state index is -0.0547. The van der Waals surface area contributed by atoms with Crippen LogP contribution < -0.4 is 14.2 Å². The molecule has 4 aromatic rings. The second-order valence-corrected chi connectivity index (χ2v) is 7.37. The van der Waals surface area contributed by atoms with Crippen LogP contribution in [0.3, 0.4) is 0 Å². The summed E-state index contributed by atoms with van der Waals surface area (Å²) in [4.78, 5) is 12.6. The standard InChI is InChI=1S/C28H25NO4/c1-31-25-11-13-26(14-12-25)33-20-23-19-21(6-16-28(23)32-2)5-15-27(30)22-7-9-24(10-8-22)29-17-3-4-18-29/h3-19H,20H2,1-2H3/b15-5+. The highest BCUT2D eigenvalue weighted by molar-refractivity contribution is 6.06. The van der Waals surface area contributed by atoms with Crippen LogP contribution in [0, 0.1) is 0 Å². The molecule has 0 aliphatic carbocycles. The van der Waals surface area contributed by atoms with Gasteiger partial charge in [-0.1, -0.05) is 12.1 Å². The van der Waals surface area contributed by atoms with Gasteiger partial charge in [-0.05, 0) is 84.4 Å². The van der Waals surface area contributed by atoms with E-state index in [1.807, 2.05) is 95.8 Å². The molecular formula is C28H25NO4. The normalized spacial score (nSPS) is 10.8. The Labute approximate surface area is 193 Å². The number of hydrogen-bond donors (Lipinski definition) is 0. The van der Waals surface area contributed by atoms with Gasteiger partial charge >= 0.3 is 0 Å². The molecule has 0 aliphatic rings. The van der Waals surface area contributed by atoms with E-state index < -0.39 is 0 Å². The maximum absolute atomic E-state index is 12.6. The Morgan fingerprint density at radius 2 is 1.55 bits per heavy atom. The lowest BCUT2D eigenvalue weighted by Crippen LogP contribution is -1.99. The van der Waals surface area contributed by atoms with Gasteiger partial charge in [-0.3, -0.25) is 4.79 Å². The van der Waals surface area contributed by atoms with E-state index >= 15 is 0 Å². The van der Waals surface area contributed by atoms with Gasteiger partial charge in [0, 0.05) is 29.2 Å². The van der Waals surface area contributed by atoms with Crippen molar-refractivity contribution in [2.75, 3.05) is 14.2 Å². The fourth-order valence-corrected chi connectivity index (χ4v) is 3.42. The first-order chi connectivity index (χ1) is 16.2. The van der Waals surface area contributed by atoms with E-state index in [-0.39, 0.29) is 5.78 Å². The molecule has 0 saturated carbocycles. The number of ether oxygens (including phenoxy) is 3. The van der Waals surface area contributed by atoms with Crippen LogP contribution in [0.25, 0.3) is 11.8 Å². The Bertz CT molecular complexity index is 1220. The monoisotopic (exact) mass is 439 g/mol. The highest BCUT2D eigenvalue weighted by atomic mass is 16.5. The summed E-state index contributed by atoms with van der Waals surface area (Å²) in [6, 6.07) is 24.6. The minimum Gasteiger partial charge on any atom is -0.497 e. The van der Waals surface area contributed by atoms with Crippen LogP contribution in [-0.4, -0.2) is 24.6 Å². The summed E-state index contributed by atoms with van der Waals surface area (Å²) in [6.07, 6.45) is 7.33. The second-order valence-electron chi connectivity index (χ2n) is 7.37. The van der Waals surface area contributed by atoms with Gasteiger partial charge < -0.3 is 18.8 Å². The third-order valence-electron chi connectivity index (χ3n) is 5.24. The lowest BCUT2D eigenvalue weighted by molar-refractivity contribution is 0.104. The summed E-state index contributed by atoms with van der Waals surface area (Å²) in [5.74, 6) is 2.18. The zero-order chi connectivity index (χ0) is 23.0. The lowest BCUT2D eigenvalue weighted by atomic mass is 10.1. The van der Waals surface area contributed by atoms with Crippen LogP contribution in [-0.2, 0) is 6.61 Å². The van der Waals surface area contributed by atoms with Crippen LogP contribution in [0.4, 0.5) is 0 Å². The van der Waals surface area contributed by atoms with Gasteiger partial charge in [-0.25, -0.2) is 0 Å². The first-order valence-corrected chi connectivity index (χ1v) is 10.6. The predicted octanol–water partition coefficient (Wildman–Crippen LogP) is 5.97. The Hall–Kier alpha value is -4.25. The summed E-state index contributed by atoms with van der Waals surface area (Å²) in [5, 5.41) is 0. The topological polar surface area (TPSA) is 49.7 Å². The summed E-state index contributed by atoms with van der Waals surface area (Å²) in [7, 11) is 3.26. The average molecular weight is 440 g/mol. The maximum Gasteiger partial charge on any atom is 0.185 e. The smallest absolute Gasteiger partial charge is 0.185 e. The van der Waals surface area contributed by atoms with Crippen molar-refractivity contribution in [3.8, 4) is 22.9 Å². The Balaban J connectivity index is 1.44. The quantitative estimate of drug-likeness (QED) is 0.238. The molecule has 3 aromatic carbocycles. The molecule has 5 nitrogen and oxygen atoms in total. The molecule has 0 fully saturated rings. The molecule has 4 rings (SSSR count). The maximum atomic E-state index is 12.6. The van der Waals surface area contributed by atoms with Gasteiger partial charge in [0.25, 0.3) is 0 Å². The molecule has 1 heterocycles. The molecule has 33 heavy (non-hydrogen) atoms. The van der Waals surface area contributed by atoms with Gasteiger partial charge in [-0.15, -0.1) is 0 Å². The number of ketones is 1. The summed E-state index contributed by atoms with van der Waals surface area (Å²) >= 11 is 0. The number of benzene rings is 3. The molecule has 166 valence electrons. The van der Waals surface area contributed by atoms with Crippen molar-refractivity contribution in [2.45, 2.75) is 6.61 Å². The Kier molecular flexibility index (Phi) is 6.90. The molecule has 0 N–H and O–H groups in total. The van der Waals surface area contributed by atoms with Crippen LogP contribution >= 0.6 is 0 Å². The number of nitrogens with zero attached hydrogens (tertiary/aromatic N) is 1. The van der Waals surface area contributed by atoms with Crippen molar-refractivity contribution < 1.29 is 19.0 Å². The van der Waals surface area contributed by atoms with E-state index in [1.54, 1.807) is 26.4 Å². The Morgan fingerprint density at radius 1 is 0.848 bits per heavy atom. The van der Waals surface area contributed by atoms with E-state index in [4.69, 9.17) is 14.2 Å². The number of allylic oxidation sites excluding steroid dienone is 1. The SMILES string of the molecule is COc1ccc(OCc2cc(/C=C/C(=O)c3ccc(-n4cccc4)cc3)ccc2OC)cc1. The Morgan fingerprint density at radius 3 is 2.21 bits per heavy atom. The van der Waals surface area contributed by atoms with Gasteiger partial charge in [0.1, 0.15) is 23.9 Å². The highest BCUT2D eigenvalue weighted by Gasteiger charge is 2.07. The number of methoxy groups -OCH3 is 2. The number of carbonyl (C=O) groups excluding carboxylic acids is 1. The number of carbonyl (C=O) groups is 1. The van der Waals surface area contributed by atoms with E-state index in [9.17, 15) is 4.79 Å². The first kappa shape index (κ1) is 22.0.